The summed E-state index contributed by atoms with van der Waals surface area (Å²) in [5.41, 5.74) is 0. The van der Waals surface area contributed by atoms with Gasteiger partial charge in [-0.3, -0.25) is 4.79 Å². The Morgan fingerprint density at radius 1 is 1.21 bits per heavy atom. The van der Waals surface area contributed by atoms with Gasteiger partial charge in [0, 0.05) is 6.10 Å². The summed E-state index contributed by atoms with van der Waals surface area (Å²) < 4.78 is 12.4. The maximum atomic E-state index is 12.5. The largest absolute Gasteiger partial charge is 0.462 e. The van der Waals surface area contributed by atoms with E-state index in [1.165, 1.54) is 19.3 Å². The Kier molecular flexibility index (Phi) is 6.23. The van der Waals surface area contributed by atoms with E-state index in [0.717, 1.165) is 19.3 Å². The predicted molar refractivity (Wildman–Crippen MR) is 101 cm³/mol. The fraction of sp³-hybridized carbons (Fsp3) is 0.950. The molecule has 2 aliphatic rings. The molecular weight excluding hydrogens is 316 g/mol. The lowest BCUT2D eigenvalue weighted by molar-refractivity contribution is -0.153. The van der Waals surface area contributed by atoms with Gasteiger partial charge in [0.1, 0.15) is 0 Å². The molecule has 0 heterocycles. The van der Waals surface area contributed by atoms with Crippen LogP contribution in [0.5, 0.6) is 0 Å². The van der Waals surface area contributed by atoms with E-state index in [9.17, 15) is 4.79 Å². The smallest absolute Gasteiger partial charge is 0.309 e. The highest BCUT2D eigenvalue weighted by atomic mass is 28.4. The zero-order valence-corrected chi connectivity index (χ0v) is 17.9. The molecule has 0 bridgehead atoms. The molecule has 1 unspecified atom stereocenters. The molecule has 0 N–H and O–H groups in total. The van der Waals surface area contributed by atoms with Crippen molar-refractivity contribution in [2.75, 3.05) is 0 Å². The van der Waals surface area contributed by atoms with Gasteiger partial charge in [0.15, 0.2) is 8.32 Å². The van der Waals surface area contributed by atoms with E-state index in [1.54, 1.807) is 0 Å². The minimum Gasteiger partial charge on any atom is -0.462 e. The highest BCUT2D eigenvalue weighted by Gasteiger charge is 2.48. The molecule has 0 amide bonds. The molecule has 0 saturated heterocycles. The zero-order chi connectivity index (χ0) is 18.1. The summed E-state index contributed by atoms with van der Waals surface area (Å²) in [5, 5.41) is 0.243. The molecule has 0 radical (unpaired) electrons. The minimum absolute atomic E-state index is 0.0322. The number of ether oxygens (including phenoxy) is 1. The van der Waals surface area contributed by atoms with Gasteiger partial charge < -0.3 is 9.16 Å². The van der Waals surface area contributed by atoms with Gasteiger partial charge in [0.2, 0.25) is 0 Å². The molecule has 4 heteroatoms. The lowest BCUT2D eigenvalue weighted by Crippen LogP contribution is -2.47. The molecule has 2 rings (SSSR count). The predicted octanol–water partition coefficient (Wildman–Crippen LogP) is 5.54. The number of esters is 1. The third-order valence-electron chi connectivity index (χ3n) is 6.77. The number of carbonyl (C=O) groups excluding carboxylic acids is 1. The third kappa shape index (κ3) is 4.43. The molecule has 0 aromatic rings. The van der Waals surface area contributed by atoms with E-state index in [2.05, 4.69) is 40.8 Å². The zero-order valence-electron chi connectivity index (χ0n) is 16.9. The lowest BCUT2D eigenvalue weighted by atomic mass is 9.80. The van der Waals surface area contributed by atoms with E-state index in [-0.39, 0.29) is 23.0 Å². The maximum Gasteiger partial charge on any atom is 0.309 e. The van der Waals surface area contributed by atoms with Gasteiger partial charge in [0.05, 0.1) is 12.0 Å². The molecule has 2 saturated carbocycles. The maximum absolute atomic E-state index is 12.5. The molecule has 3 nitrogen and oxygen atoms in total. The second-order valence-corrected chi connectivity index (χ2v) is 14.4. The molecular formula is C20H38O3Si. The first-order valence-electron chi connectivity index (χ1n) is 9.93. The molecule has 0 aromatic carbocycles. The highest BCUT2D eigenvalue weighted by Crippen LogP contribution is 2.49. The van der Waals surface area contributed by atoms with Crippen molar-refractivity contribution in [1.29, 1.82) is 0 Å². The van der Waals surface area contributed by atoms with Crippen molar-refractivity contribution in [2.24, 2.45) is 17.8 Å². The van der Waals surface area contributed by atoms with Gasteiger partial charge in [-0.1, -0.05) is 34.1 Å². The van der Waals surface area contributed by atoms with Crippen LogP contribution in [0.1, 0.15) is 73.1 Å². The molecule has 2 fully saturated rings. The second-order valence-electron chi connectivity index (χ2n) is 9.60. The Bertz CT molecular complexity index is 441. The van der Waals surface area contributed by atoms with Gasteiger partial charge >= 0.3 is 5.97 Å². The first-order chi connectivity index (χ1) is 11.0. The quantitative estimate of drug-likeness (QED) is 0.480. The number of rotatable bonds is 5. The third-order valence-corrected chi connectivity index (χ3v) is 11.3. The fourth-order valence-corrected chi connectivity index (χ4v) is 5.41. The SMILES string of the molecule is CCC(C)OC(=O)[C@@H]1C[C@@H]2CCC[C@H](O[Si](C)(C)C(C)(C)C)[C@@H]2C1. The summed E-state index contributed by atoms with van der Waals surface area (Å²) in [6.45, 7) is 15.7. The van der Waals surface area contributed by atoms with Crippen LogP contribution in [0.25, 0.3) is 0 Å². The molecule has 0 aliphatic heterocycles. The van der Waals surface area contributed by atoms with Crippen molar-refractivity contribution in [3.63, 3.8) is 0 Å². The standard InChI is InChI=1S/C20H38O3Si/c1-8-14(2)22-19(21)16-12-15-10-9-11-18(17(15)13-16)23-24(6,7)20(3,4)5/h14-18H,8-13H2,1-7H3/t14?,15-,16+,17+,18-/m0/s1. The van der Waals surface area contributed by atoms with Crippen molar-refractivity contribution in [1.82, 2.24) is 0 Å². The van der Waals surface area contributed by atoms with E-state index >= 15 is 0 Å². The van der Waals surface area contributed by atoms with Crippen LogP contribution in [0.4, 0.5) is 0 Å². The highest BCUT2D eigenvalue weighted by molar-refractivity contribution is 6.74. The van der Waals surface area contributed by atoms with E-state index in [1.807, 2.05) is 6.92 Å². The lowest BCUT2D eigenvalue weighted by Gasteiger charge is -2.43. The molecule has 5 atom stereocenters. The number of fused-ring (bicyclic) bond motifs is 1. The van der Waals surface area contributed by atoms with Gasteiger partial charge in [-0.05, 0) is 69.0 Å². The van der Waals surface area contributed by atoms with E-state index in [0.29, 0.717) is 17.9 Å². The average molecular weight is 355 g/mol. The number of hydrogen-bond donors (Lipinski definition) is 0. The molecule has 0 aromatic heterocycles. The van der Waals surface area contributed by atoms with Gasteiger partial charge in [-0.2, -0.15) is 0 Å². The van der Waals surface area contributed by atoms with Crippen LogP contribution in [-0.4, -0.2) is 26.5 Å². The fourth-order valence-electron chi connectivity index (χ4n) is 4.01. The first kappa shape index (κ1) is 20.0. The molecule has 2 aliphatic carbocycles. The Morgan fingerprint density at radius 3 is 2.46 bits per heavy atom. The van der Waals surface area contributed by atoms with Gasteiger partial charge in [-0.15, -0.1) is 0 Å². The van der Waals surface area contributed by atoms with Crippen molar-refractivity contribution >= 4 is 14.3 Å². The van der Waals surface area contributed by atoms with Crippen molar-refractivity contribution in [2.45, 2.75) is 103 Å². The van der Waals surface area contributed by atoms with Crippen molar-refractivity contribution < 1.29 is 14.0 Å². The Balaban J connectivity index is 2.01. The summed E-state index contributed by atoms with van der Waals surface area (Å²) in [6, 6.07) is 0. The molecule has 24 heavy (non-hydrogen) atoms. The van der Waals surface area contributed by atoms with Crippen molar-refractivity contribution in [3.8, 4) is 0 Å². The minimum atomic E-state index is -1.75. The van der Waals surface area contributed by atoms with Crippen LogP contribution in [-0.2, 0) is 14.0 Å². The Morgan fingerprint density at radius 2 is 1.88 bits per heavy atom. The summed E-state index contributed by atoms with van der Waals surface area (Å²) in [6.07, 6.45) is 6.94. The van der Waals surface area contributed by atoms with Crippen LogP contribution in [0.2, 0.25) is 18.1 Å². The van der Waals surface area contributed by atoms with Gasteiger partial charge in [-0.25, -0.2) is 0 Å². The normalized spacial score (nSPS) is 32.3. The first-order valence-corrected chi connectivity index (χ1v) is 12.8. The van der Waals surface area contributed by atoms with Crippen LogP contribution in [0, 0.1) is 17.8 Å². The van der Waals surface area contributed by atoms with Gasteiger partial charge in [0.25, 0.3) is 0 Å². The van der Waals surface area contributed by atoms with E-state index in [4.69, 9.17) is 9.16 Å². The summed E-state index contributed by atoms with van der Waals surface area (Å²) in [7, 11) is -1.75. The molecule has 140 valence electrons. The second kappa shape index (κ2) is 7.49. The van der Waals surface area contributed by atoms with Crippen LogP contribution in [0.3, 0.4) is 0 Å². The Hall–Kier alpha value is -0.353. The summed E-state index contributed by atoms with van der Waals surface area (Å²) in [4.78, 5) is 12.5. The van der Waals surface area contributed by atoms with Crippen LogP contribution < -0.4 is 0 Å². The number of carbonyl (C=O) groups is 1. The summed E-state index contributed by atoms with van der Waals surface area (Å²) in [5.74, 6) is 1.34. The summed E-state index contributed by atoms with van der Waals surface area (Å²) >= 11 is 0. The topological polar surface area (TPSA) is 35.5 Å². The number of hydrogen-bond acceptors (Lipinski definition) is 3. The van der Waals surface area contributed by atoms with E-state index < -0.39 is 8.32 Å². The molecule has 0 spiro atoms. The van der Waals surface area contributed by atoms with Crippen LogP contribution in [0.15, 0.2) is 0 Å². The Labute approximate surface area is 150 Å². The monoisotopic (exact) mass is 354 g/mol. The van der Waals surface area contributed by atoms with Crippen LogP contribution >= 0.6 is 0 Å². The van der Waals surface area contributed by atoms with Crippen molar-refractivity contribution in [3.05, 3.63) is 0 Å². The average Bonchev–Trinajstić information content (AvgIpc) is 2.91.